The molecule has 1 N–H and O–H groups in total. The van der Waals surface area contributed by atoms with Crippen LogP contribution in [-0.2, 0) is 0 Å². The third kappa shape index (κ3) is 2.48. The highest BCUT2D eigenvalue weighted by molar-refractivity contribution is 4.81. The first kappa shape index (κ1) is 10.4. The smallest absolute Gasteiger partial charge is 0.00956 e. The van der Waals surface area contributed by atoms with Gasteiger partial charge in [-0.1, -0.05) is 0 Å². The van der Waals surface area contributed by atoms with E-state index >= 15 is 0 Å². The lowest BCUT2D eigenvalue weighted by Crippen LogP contribution is -2.36. The molecule has 0 spiro atoms. The van der Waals surface area contributed by atoms with Crippen LogP contribution in [0.2, 0.25) is 0 Å². The average molecular weight is 196 g/mol. The maximum Gasteiger partial charge on any atom is 0.00956 e. The third-order valence-corrected chi connectivity index (χ3v) is 4.02. The van der Waals surface area contributed by atoms with Gasteiger partial charge < -0.3 is 10.2 Å². The summed E-state index contributed by atoms with van der Waals surface area (Å²) in [6.07, 6.45) is 7.05. The summed E-state index contributed by atoms with van der Waals surface area (Å²) in [6.45, 7) is 7.63. The Morgan fingerprint density at radius 2 is 1.86 bits per heavy atom. The molecular weight excluding hydrogens is 172 g/mol. The standard InChI is InChI=1S/C12H24N2/c1-11(14-9-2-3-10-14)12-5-4-7-13-8-6-12/h11-13H,2-10H2,1H3. The minimum Gasteiger partial charge on any atom is -0.317 e. The minimum atomic E-state index is 0.831. The predicted octanol–water partition coefficient (Wildman–Crippen LogP) is 1.86. The van der Waals surface area contributed by atoms with Crippen LogP contribution in [-0.4, -0.2) is 37.1 Å². The van der Waals surface area contributed by atoms with Crippen molar-refractivity contribution in [3.05, 3.63) is 0 Å². The number of nitrogens with zero attached hydrogens (tertiary/aromatic N) is 1. The molecule has 82 valence electrons. The lowest BCUT2D eigenvalue weighted by molar-refractivity contribution is 0.178. The van der Waals surface area contributed by atoms with Gasteiger partial charge in [0, 0.05) is 6.04 Å². The second-order valence-electron chi connectivity index (χ2n) is 4.92. The molecule has 0 aromatic heterocycles. The van der Waals surface area contributed by atoms with Crippen molar-refractivity contribution < 1.29 is 0 Å². The summed E-state index contributed by atoms with van der Waals surface area (Å²) < 4.78 is 0. The molecule has 2 nitrogen and oxygen atoms in total. The molecule has 2 heteroatoms. The van der Waals surface area contributed by atoms with Gasteiger partial charge in [0.2, 0.25) is 0 Å². The van der Waals surface area contributed by atoms with E-state index in [0.29, 0.717) is 0 Å². The molecule has 14 heavy (non-hydrogen) atoms. The van der Waals surface area contributed by atoms with Gasteiger partial charge in [0.15, 0.2) is 0 Å². The molecule has 0 radical (unpaired) electrons. The van der Waals surface area contributed by atoms with Crippen LogP contribution in [0.4, 0.5) is 0 Å². The maximum atomic E-state index is 3.50. The Hall–Kier alpha value is -0.0800. The van der Waals surface area contributed by atoms with Crippen LogP contribution >= 0.6 is 0 Å². The van der Waals surface area contributed by atoms with Crippen molar-refractivity contribution in [1.82, 2.24) is 10.2 Å². The molecule has 0 aliphatic carbocycles. The summed E-state index contributed by atoms with van der Waals surface area (Å²) in [7, 11) is 0. The molecule has 2 atom stereocenters. The fraction of sp³-hybridized carbons (Fsp3) is 1.00. The van der Waals surface area contributed by atoms with E-state index in [1.54, 1.807) is 0 Å². The lowest BCUT2D eigenvalue weighted by Gasteiger charge is -2.30. The van der Waals surface area contributed by atoms with Gasteiger partial charge in [-0.15, -0.1) is 0 Å². The van der Waals surface area contributed by atoms with Gasteiger partial charge in [-0.2, -0.15) is 0 Å². The summed E-state index contributed by atoms with van der Waals surface area (Å²) in [5.41, 5.74) is 0. The van der Waals surface area contributed by atoms with E-state index in [1.165, 1.54) is 58.3 Å². The summed E-state index contributed by atoms with van der Waals surface area (Å²) in [5.74, 6) is 0.947. The van der Waals surface area contributed by atoms with Crippen LogP contribution in [0.1, 0.15) is 39.0 Å². The molecule has 2 fully saturated rings. The average Bonchev–Trinajstić information content (AvgIpc) is 2.59. The zero-order valence-electron chi connectivity index (χ0n) is 9.47. The van der Waals surface area contributed by atoms with E-state index in [1.807, 2.05) is 0 Å². The Bertz CT molecular complexity index is 156. The highest BCUT2D eigenvalue weighted by Gasteiger charge is 2.25. The van der Waals surface area contributed by atoms with Gasteiger partial charge in [0.25, 0.3) is 0 Å². The summed E-state index contributed by atoms with van der Waals surface area (Å²) in [6, 6.07) is 0.831. The zero-order chi connectivity index (χ0) is 9.80. The van der Waals surface area contributed by atoms with Crippen LogP contribution in [0.25, 0.3) is 0 Å². The topological polar surface area (TPSA) is 15.3 Å². The second kappa shape index (κ2) is 5.13. The Morgan fingerprint density at radius 3 is 2.64 bits per heavy atom. The highest BCUT2D eigenvalue weighted by Crippen LogP contribution is 2.24. The van der Waals surface area contributed by atoms with Gasteiger partial charge in [0.1, 0.15) is 0 Å². The molecule has 2 heterocycles. The molecule has 2 rings (SSSR count). The van der Waals surface area contributed by atoms with Crippen molar-refractivity contribution in [2.75, 3.05) is 26.2 Å². The summed E-state index contributed by atoms with van der Waals surface area (Å²) in [4.78, 5) is 2.70. The highest BCUT2D eigenvalue weighted by atomic mass is 15.2. The van der Waals surface area contributed by atoms with E-state index in [2.05, 4.69) is 17.1 Å². The number of hydrogen-bond acceptors (Lipinski definition) is 2. The Balaban J connectivity index is 1.84. The fourth-order valence-corrected chi connectivity index (χ4v) is 2.98. The summed E-state index contributed by atoms with van der Waals surface area (Å²) >= 11 is 0. The van der Waals surface area contributed by atoms with Crippen molar-refractivity contribution in [2.45, 2.75) is 45.1 Å². The molecule has 0 bridgehead atoms. The predicted molar refractivity (Wildman–Crippen MR) is 60.5 cm³/mol. The Labute approximate surface area is 88.1 Å². The zero-order valence-corrected chi connectivity index (χ0v) is 9.47. The van der Waals surface area contributed by atoms with Gasteiger partial charge in [-0.3, -0.25) is 0 Å². The first-order valence-corrected chi connectivity index (χ1v) is 6.32. The summed E-state index contributed by atoms with van der Waals surface area (Å²) in [5, 5.41) is 3.50. The van der Waals surface area contributed by atoms with Crippen LogP contribution < -0.4 is 5.32 Å². The van der Waals surface area contributed by atoms with E-state index < -0.39 is 0 Å². The lowest BCUT2D eigenvalue weighted by atomic mass is 9.92. The van der Waals surface area contributed by atoms with Crippen molar-refractivity contribution in [1.29, 1.82) is 0 Å². The largest absolute Gasteiger partial charge is 0.317 e. The van der Waals surface area contributed by atoms with Crippen molar-refractivity contribution >= 4 is 0 Å². The quantitative estimate of drug-likeness (QED) is 0.725. The Kier molecular flexibility index (Phi) is 3.82. The molecule has 0 amide bonds. The fourth-order valence-electron chi connectivity index (χ4n) is 2.98. The number of nitrogens with one attached hydrogen (secondary N) is 1. The number of likely N-dealkylation sites (tertiary alicyclic amines) is 1. The molecule has 2 unspecified atom stereocenters. The monoisotopic (exact) mass is 196 g/mol. The normalized spacial score (nSPS) is 32.8. The van der Waals surface area contributed by atoms with Gasteiger partial charge in [-0.05, 0) is 71.1 Å². The molecular formula is C12H24N2. The van der Waals surface area contributed by atoms with Crippen molar-refractivity contribution in [3.63, 3.8) is 0 Å². The first-order valence-electron chi connectivity index (χ1n) is 6.32. The van der Waals surface area contributed by atoms with Gasteiger partial charge >= 0.3 is 0 Å². The third-order valence-electron chi connectivity index (χ3n) is 4.02. The van der Waals surface area contributed by atoms with Crippen LogP contribution in [0.3, 0.4) is 0 Å². The van der Waals surface area contributed by atoms with E-state index in [0.717, 1.165) is 12.0 Å². The second-order valence-corrected chi connectivity index (χ2v) is 4.92. The van der Waals surface area contributed by atoms with Gasteiger partial charge in [0.05, 0.1) is 0 Å². The van der Waals surface area contributed by atoms with E-state index in [-0.39, 0.29) is 0 Å². The molecule has 2 saturated heterocycles. The van der Waals surface area contributed by atoms with Crippen molar-refractivity contribution in [2.24, 2.45) is 5.92 Å². The van der Waals surface area contributed by atoms with Gasteiger partial charge in [-0.25, -0.2) is 0 Å². The van der Waals surface area contributed by atoms with Crippen LogP contribution in [0.5, 0.6) is 0 Å². The molecule has 0 aromatic rings. The first-order chi connectivity index (χ1) is 6.88. The maximum absolute atomic E-state index is 3.50. The molecule has 2 aliphatic rings. The Morgan fingerprint density at radius 1 is 1.07 bits per heavy atom. The molecule has 2 aliphatic heterocycles. The number of rotatable bonds is 2. The van der Waals surface area contributed by atoms with E-state index in [4.69, 9.17) is 0 Å². The van der Waals surface area contributed by atoms with Crippen LogP contribution in [0.15, 0.2) is 0 Å². The SMILES string of the molecule is CC(C1CCCNCC1)N1CCCC1. The molecule has 0 saturated carbocycles. The van der Waals surface area contributed by atoms with Crippen molar-refractivity contribution in [3.8, 4) is 0 Å². The van der Waals surface area contributed by atoms with E-state index in [9.17, 15) is 0 Å². The molecule has 0 aromatic carbocycles. The minimum absolute atomic E-state index is 0.831. The van der Waals surface area contributed by atoms with Crippen LogP contribution in [0, 0.1) is 5.92 Å². The number of hydrogen-bond donors (Lipinski definition) is 1.